The average Bonchev–Trinajstić information content (AvgIpc) is 2.71. The molecule has 92 valence electrons. The Labute approximate surface area is 98.4 Å². The number of likely N-dealkylation sites (tertiary alicyclic amines) is 1. The lowest BCUT2D eigenvalue weighted by Crippen LogP contribution is -2.50. The van der Waals surface area contributed by atoms with Gasteiger partial charge in [0.05, 0.1) is 5.41 Å². The number of hydrogen-bond acceptors (Lipinski definition) is 2. The van der Waals surface area contributed by atoms with E-state index in [0.717, 1.165) is 32.2 Å². The van der Waals surface area contributed by atoms with Crippen LogP contribution in [-0.4, -0.2) is 29.4 Å². The number of hydrogen-bond donors (Lipinski definition) is 1. The van der Waals surface area contributed by atoms with Gasteiger partial charge in [-0.2, -0.15) is 0 Å². The van der Waals surface area contributed by atoms with Crippen molar-refractivity contribution in [1.29, 1.82) is 0 Å². The van der Waals surface area contributed by atoms with Crippen molar-refractivity contribution in [3.05, 3.63) is 0 Å². The predicted molar refractivity (Wildman–Crippen MR) is 64.9 cm³/mol. The van der Waals surface area contributed by atoms with Gasteiger partial charge in [-0.1, -0.05) is 13.3 Å². The van der Waals surface area contributed by atoms with E-state index in [1.807, 2.05) is 0 Å². The minimum atomic E-state index is -0.293. The van der Waals surface area contributed by atoms with Crippen LogP contribution in [0.25, 0.3) is 0 Å². The second-order valence-corrected chi connectivity index (χ2v) is 6.06. The fourth-order valence-corrected chi connectivity index (χ4v) is 3.37. The number of carbonyl (C=O) groups is 1. The summed E-state index contributed by atoms with van der Waals surface area (Å²) >= 11 is 0. The number of rotatable bonds is 1. The van der Waals surface area contributed by atoms with Gasteiger partial charge in [0.25, 0.3) is 0 Å². The highest BCUT2D eigenvalue weighted by atomic mass is 16.2. The second-order valence-electron chi connectivity index (χ2n) is 6.06. The topological polar surface area (TPSA) is 46.3 Å². The first-order valence-electron chi connectivity index (χ1n) is 6.52. The summed E-state index contributed by atoms with van der Waals surface area (Å²) in [5.74, 6) is 0.939. The molecule has 0 aromatic heterocycles. The number of carbonyl (C=O) groups excluding carboxylic acids is 1. The quantitative estimate of drug-likeness (QED) is 0.737. The molecule has 1 saturated heterocycles. The van der Waals surface area contributed by atoms with Gasteiger partial charge in [0.2, 0.25) is 5.91 Å². The van der Waals surface area contributed by atoms with Gasteiger partial charge in [-0.25, -0.2) is 0 Å². The first-order chi connectivity index (χ1) is 7.45. The fraction of sp³-hybridized carbons (Fsp3) is 0.923. The van der Waals surface area contributed by atoms with Crippen molar-refractivity contribution in [2.45, 2.75) is 58.5 Å². The molecule has 0 bridgehead atoms. The first-order valence-corrected chi connectivity index (χ1v) is 6.52. The summed E-state index contributed by atoms with van der Waals surface area (Å²) in [7, 11) is 0. The Kier molecular flexibility index (Phi) is 2.99. The Morgan fingerprint density at radius 1 is 1.44 bits per heavy atom. The molecule has 1 aliphatic carbocycles. The molecule has 4 unspecified atom stereocenters. The summed E-state index contributed by atoms with van der Waals surface area (Å²) in [6.45, 7) is 7.36. The maximum absolute atomic E-state index is 12.6. The van der Waals surface area contributed by atoms with Crippen molar-refractivity contribution in [3.8, 4) is 0 Å². The maximum Gasteiger partial charge on any atom is 0.230 e. The summed E-state index contributed by atoms with van der Waals surface area (Å²) in [5.41, 5.74) is 5.82. The van der Waals surface area contributed by atoms with E-state index >= 15 is 0 Å². The van der Waals surface area contributed by atoms with Gasteiger partial charge in [-0.05, 0) is 39.0 Å². The number of amides is 1. The highest BCUT2D eigenvalue weighted by molar-refractivity contribution is 5.84. The van der Waals surface area contributed by atoms with Gasteiger partial charge in [0.15, 0.2) is 0 Å². The monoisotopic (exact) mass is 224 g/mol. The summed E-state index contributed by atoms with van der Waals surface area (Å²) in [4.78, 5) is 14.6. The summed E-state index contributed by atoms with van der Waals surface area (Å²) < 4.78 is 0. The standard InChI is InChI=1S/C13H24N2O/c1-9-7-10(2)15(8-9)12(16)13(3)6-4-5-11(13)14/h9-11H,4-8,14H2,1-3H3. The average molecular weight is 224 g/mol. The summed E-state index contributed by atoms with van der Waals surface area (Å²) in [6.07, 6.45) is 4.20. The SMILES string of the molecule is CC1CC(C)N(C(=O)C2(C)CCCC2N)C1. The molecule has 2 rings (SSSR count). The van der Waals surface area contributed by atoms with Crippen LogP contribution in [0.3, 0.4) is 0 Å². The van der Waals surface area contributed by atoms with Crippen LogP contribution in [0.15, 0.2) is 0 Å². The van der Waals surface area contributed by atoms with Crippen LogP contribution in [0.1, 0.15) is 46.5 Å². The van der Waals surface area contributed by atoms with Gasteiger partial charge in [-0.15, -0.1) is 0 Å². The van der Waals surface area contributed by atoms with E-state index in [1.54, 1.807) is 0 Å². The van der Waals surface area contributed by atoms with E-state index in [4.69, 9.17) is 5.73 Å². The van der Waals surface area contributed by atoms with Crippen molar-refractivity contribution in [2.75, 3.05) is 6.54 Å². The summed E-state index contributed by atoms with van der Waals surface area (Å²) in [6, 6.07) is 0.454. The Morgan fingerprint density at radius 2 is 2.12 bits per heavy atom. The van der Waals surface area contributed by atoms with Crippen LogP contribution in [0.2, 0.25) is 0 Å². The lowest BCUT2D eigenvalue weighted by atomic mass is 9.83. The molecule has 2 aliphatic rings. The molecule has 16 heavy (non-hydrogen) atoms. The van der Waals surface area contributed by atoms with Crippen LogP contribution in [0.5, 0.6) is 0 Å². The zero-order valence-corrected chi connectivity index (χ0v) is 10.7. The normalized spacial score (nSPS) is 44.0. The molecule has 1 aliphatic heterocycles. The van der Waals surface area contributed by atoms with Crippen LogP contribution in [0, 0.1) is 11.3 Å². The molecular weight excluding hydrogens is 200 g/mol. The third-order valence-electron chi connectivity index (χ3n) is 4.56. The van der Waals surface area contributed by atoms with Crippen LogP contribution in [-0.2, 0) is 4.79 Å². The molecule has 1 saturated carbocycles. The zero-order chi connectivity index (χ0) is 11.9. The lowest BCUT2D eigenvalue weighted by molar-refractivity contribution is -0.142. The molecule has 2 N–H and O–H groups in total. The van der Waals surface area contributed by atoms with E-state index < -0.39 is 0 Å². The van der Waals surface area contributed by atoms with Crippen LogP contribution < -0.4 is 5.73 Å². The Bertz CT molecular complexity index is 292. The highest BCUT2D eigenvalue weighted by Gasteiger charge is 2.47. The Balaban J connectivity index is 2.13. The summed E-state index contributed by atoms with van der Waals surface area (Å²) in [5, 5.41) is 0. The Morgan fingerprint density at radius 3 is 2.56 bits per heavy atom. The molecule has 0 aromatic carbocycles. The third-order valence-corrected chi connectivity index (χ3v) is 4.56. The minimum Gasteiger partial charge on any atom is -0.339 e. The molecule has 4 atom stereocenters. The van der Waals surface area contributed by atoms with E-state index in [-0.39, 0.29) is 11.5 Å². The first kappa shape index (κ1) is 11.9. The van der Waals surface area contributed by atoms with E-state index in [9.17, 15) is 4.79 Å². The number of nitrogens with zero attached hydrogens (tertiary/aromatic N) is 1. The largest absolute Gasteiger partial charge is 0.339 e. The molecule has 0 aromatic rings. The van der Waals surface area contributed by atoms with Crippen molar-refractivity contribution in [2.24, 2.45) is 17.1 Å². The van der Waals surface area contributed by atoms with Gasteiger partial charge in [0.1, 0.15) is 0 Å². The van der Waals surface area contributed by atoms with E-state index in [1.165, 1.54) is 0 Å². The van der Waals surface area contributed by atoms with Crippen LogP contribution in [0.4, 0.5) is 0 Å². The Hall–Kier alpha value is -0.570. The van der Waals surface area contributed by atoms with Crippen molar-refractivity contribution in [1.82, 2.24) is 4.90 Å². The predicted octanol–water partition coefficient (Wildman–Crippen LogP) is 1.76. The van der Waals surface area contributed by atoms with E-state index in [0.29, 0.717) is 17.9 Å². The van der Waals surface area contributed by atoms with Gasteiger partial charge >= 0.3 is 0 Å². The van der Waals surface area contributed by atoms with Crippen molar-refractivity contribution >= 4 is 5.91 Å². The molecule has 3 heteroatoms. The molecule has 0 radical (unpaired) electrons. The maximum atomic E-state index is 12.6. The fourth-order valence-electron chi connectivity index (χ4n) is 3.37. The number of nitrogens with two attached hydrogens (primary N) is 1. The van der Waals surface area contributed by atoms with Gasteiger partial charge < -0.3 is 10.6 Å². The lowest BCUT2D eigenvalue weighted by Gasteiger charge is -2.34. The third kappa shape index (κ3) is 1.75. The molecular formula is C13H24N2O. The molecule has 3 nitrogen and oxygen atoms in total. The molecule has 1 heterocycles. The minimum absolute atomic E-state index is 0.0584. The molecule has 0 spiro atoms. The van der Waals surface area contributed by atoms with E-state index in [2.05, 4.69) is 25.7 Å². The van der Waals surface area contributed by atoms with Crippen LogP contribution >= 0.6 is 0 Å². The van der Waals surface area contributed by atoms with Gasteiger partial charge in [0, 0.05) is 18.6 Å². The second kappa shape index (κ2) is 4.02. The van der Waals surface area contributed by atoms with Crippen molar-refractivity contribution in [3.63, 3.8) is 0 Å². The molecule has 1 amide bonds. The highest BCUT2D eigenvalue weighted by Crippen LogP contribution is 2.40. The van der Waals surface area contributed by atoms with Gasteiger partial charge in [-0.3, -0.25) is 4.79 Å². The smallest absolute Gasteiger partial charge is 0.230 e. The van der Waals surface area contributed by atoms with Crippen molar-refractivity contribution < 1.29 is 4.79 Å². The zero-order valence-electron chi connectivity index (χ0n) is 10.7. The molecule has 2 fully saturated rings.